The summed E-state index contributed by atoms with van der Waals surface area (Å²) in [7, 11) is 0. The zero-order valence-electron chi connectivity index (χ0n) is 15.3. The first kappa shape index (κ1) is 21.5. The lowest BCUT2D eigenvalue weighted by Crippen LogP contribution is -2.21. The number of anilines is 1. The van der Waals surface area contributed by atoms with Gasteiger partial charge in [0.1, 0.15) is 5.58 Å². The molecule has 1 aromatic heterocycles. The van der Waals surface area contributed by atoms with E-state index in [-0.39, 0.29) is 28.1 Å². The molecule has 0 saturated carbocycles. The van der Waals surface area contributed by atoms with E-state index < -0.39 is 18.5 Å². The first-order valence-corrected chi connectivity index (χ1v) is 9.73. The second kappa shape index (κ2) is 9.50. The fourth-order valence-corrected chi connectivity index (χ4v) is 3.56. The standard InChI is InChI=1S/C20H16Cl3NO5/c1-2-27-9-13-12-5-3-4-6-16(12)29-19(13)20(26)28-10-17(25)24-18-14(22)7-11(21)8-15(18)23/h3-8H,2,9-10H2,1H3,(H,24,25). The van der Waals surface area contributed by atoms with Crippen LogP contribution in [0.5, 0.6) is 0 Å². The highest BCUT2D eigenvalue weighted by atomic mass is 35.5. The summed E-state index contributed by atoms with van der Waals surface area (Å²) in [5.74, 6) is -1.40. The van der Waals surface area contributed by atoms with Gasteiger partial charge < -0.3 is 19.2 Å². The molecule has 2 aromatic carbocycles. The molecule has 0 bridgehead atoms. The van der Waals surface area contributed by atoms with Gasteiger partial charge in [-0.25, -0.2) is 4.79 Å². The molecule has 3 rings (SSSR count). The topological polar surface area (TPSA) is 77.8 Å². The number of para-hydroxylation sites is 1. The first-order valence-electron chi connectivity index (χ1n) is 8.60. The third-order valence-corrected chi connectivity index (χ3v) is 4.75. The van der Waals surface area contributed by atoms with Crippen molar-refractivity contribution in [3.05, 3.63) is 62.8 Å². The van der Waals surface area contributed by atoms with Crippen molar-refractivity contribution in [3.63, 3.8) is 0 Å². The maximum atomic E-state index is 12.5. The Kier molecular flexibility index (Phi) is 7.03. The fourth-order valence-electron chi connectivity index (χ4n) is 2.64. The van der Waals surface area contributed by atoms with Gasteiger partial charge in [0, 0.05) is 22.6 Å². The zero-order chi connectivity index (χ0) is 21.0. The monoisotopic (exact) mass is 455 g/mol. The highest BCUT2D eigenvalue weighted by Gasteiger charge is 2.23. The molecule has 0 unspecified atom stereocenters. The molecule has 1 amide bonds. The van der Waals surface area contributed by atoms with Crippen LogP contribution in [0.2, 0.25) is 15.1 Å². The molecule has 0 aliphatic rings. The van der Waals surface area contributed by atoms with Crippen LogP contribution in [0.1, 0.15) is 23.0 Å². The zero-order valence-corrected chi connectivity index (χ0v) is 17.5. The van der Waals surface area contributed by atoms with Crippen molar-refractivity contribution < 1.29 is 23.5 Å². The molecule has 3 aromatic rings. The number of rotatable bonds is 7. The van der Waals surface area contributed by atoms with Crippen LogP contribution in [-0.4, -0.2) is 25.1 Å². The summed E-state index contributed by atoms with van der Waals surface area (Å²) in [4.78, 5) is 24.7. The second-order valence-corrected chi connectivity index (χ2v) is 7.16. The molecule has 0 spiro atoms. The summed E-state index contributed by atoms with van der Waals surface area (Å²) >= 11 is 17.9. The Hall–Kier alpha value is -2.25. The van der Waals surface area contributed by atoms with Crippen molar-refractivity contribution in [2.75, 3.05) is 18.5 Å². The van der Waals surface area contributed by atoms with Crippen molar-refractivity contribution in [2.45, 2.75) is 13.5 Å². The number of carbonyl (C=O) groups is 2. The van der Waals surface area contributed by atoms with E-state index in [2.05, 4.69) is 5.32 Å². The van der Waals surface area contributed by atoms with E-state index in [1.165, 1.54) is 12.1 Å². The largest absolute Gasteiger partial charge is 0.450 e. The third kappa shape index (κ3) is 5.03. The Bertz CT molecular complexity index is 1040. The minimum atomic E-state index is -0.778. The van der Waals surface area contributed by atoms with Gasteiger partial charge in [-0.1, -0.05) is 53.0 Å². The minimum Gasteiger partial charge on any atom is -0.450 e. The number of amides is 1. The number of hydrogen-bond donors (Lipinski definition) is 1. The van der Waals surface area contributed by atoms with Crippen LogP contribution < -0.4 is 5.32 Å². The van der Waals surface area contributed by atoms with E-state index in [1.807, 2.05) is 19.1 Å². The number of carbonyl (C=O) groups excluding carboxylic acids is 2. The summed E-state index contributed by atoms with van der Waals surface area (Å²) in [6.07, 6.45) is 0. The van der Waals surface area contributed by atoms with Crippen molar-refractivity contribution >= 4 is 63.3 Å². The van der Waals surface area contributed by atoms with Gasteiger partial charge in [-0.15, -0.1) is 0 Å². The van der Waals surface area contributed by atoms with Crippen molar-refractivity contribution in [1.29, 1.82) is 0 Å². The van der Waals surface area contributed by atoms with Gasteiger partial charge in [0.05, 0.1) is 22.3 Å². The van der Waals surface area contributed by atoms with Crippen LogP contribution >= 0.6 is 34.8 Å². The average molecular weight is 457 g/mol. The smallest absolute Gasteiger partial charge is 0.375 e. The predicted molar refractivity (Wildman–Crippen MR) is 112 cm³/mol. The summed E-state index contributed by atoms with van der Waals surface area (Å²) in [6.45, 7) is 1.94. The number of furan rings is 1. The Balaban J connectivity index is 1.72. The van der Waals surface area contributed by atoms with E-state index in [9.17, 15) is 9.59 Å². The lowest BCUT2D eigenvalue weighted by atomic mass is 10.1. The van der Waals surface area contributed by atoms with E-state index in [0.717, 1.165) is 5.39 Å². The van der Waals surface area contributed by atoms with E-state index in [4.69, 9.17) is 48.7 Å². The highest BCUT2D eigenvalue weighted by Crippen LogP contribution is 2.33. The number of halogens is 3. The van der Waals surface area contributed by atoms with Crippen LogP contribution in [-0.2, 0) is 20.9 Å². The Labute approximate surface area is 181 Å². The fraction of sp³-hybridized carbons (Fsp3) is 0.200. The van der Waals surface area contributed by atoms with Crippen molar-refractivity contribution in [3.8, 4) is 0 Å². The molecule has 6 nitrogen and oxygen atoms in total. The van der Waals surface area contributed by atoms with E-state index in [1.54, 1.807) is 12.1 Å². The molecule has 0 radical (unpaired) electrons. The van der Waals surface area contributed by atoms with Crippen molar-refractivity contribution in [2.24, 2.45) is 0 Å². The van der Waals surface area contributed by atoms with Gasteiger partial charge in [-0.2, -0.15) is 0 Å². The quantitative estimate of drug-likeness (QED) is 0.460. The molecular formula is C20H16Cl3NO5. The Morgan fingerprint density at radius 1 is 1.10 bits per heavy atom. The Morgan fingerprint density at radius 2 is 1.79 bits per heavy atom. The molecule has 0 aliphatic heterocycles. The van der Waals surface area contributed by atoms with Gasteiger partial charge in [-0.3, -0.25) is 4.79 Å². The Morgan fingerprint density at radius 3 is 2.48 bits per heavy atom. The first-order chi connectivity index (χ1) is 13.9. The minimum absolute atomic E-state index is 0.00462. The molecule has 152 valence electrons. The van der Waals surface area contributed by atoms with Crippen LogP contribution in [0.15, 0.2) is 40.8 Å². The molecule has 0 saturated heterocycles. The highest BCUT2D eigenvalue weighted by molar-refractivity contribution is 6.42. The lowest BCUT2D eigenvalue weighted by molar-refractivity contribution is -0.119. The SMILES string of the molecule is CCOCc1c(C(=O)OCC(=O)Nc2c(Cl)cc(Cl)cc2Cl)oc2ccccc12. The van der Waals surface area contributed by atoms with Gasteiger partial charge in [-0.05, 0) is 25.1 Å². The average Bonchev–Trinajstić information content (AvgIpc) is 3.06. The third-order valence-electron chi connectivity index (χ3n) is 3.94. The number of hydrogen-bond acceptors (Lipinski definition) is 5. The van der Waals surface area contributed by atoms with Crippen LogP contribution in [0.25, 0.3) is 11.0 Å². The van der Waals surface area contributed by atoms with Crippen molar-refractivity contribution in [1.82, 2.24) is 0 Å². The van der Waals surface area contributed by atoms with Gasteiger partial charge in [0.2, 0.25) is 5.76 Å². The molecule has 1 heterocycles. The number of ether oxygens (including phenoxy) is 2. The molecule has 0 atom stereocenters. The molecule has 29 heavy (non-hydrogen) atoms. The van der Waals surface area contributed by atoms with Crippen LogP contribution in [0, 0.1) is 0 Å². The van der Waals surface area contributed by atoms with E-state index in [0.29, 0.717) is 22.8 Å². The lowest BCUT2D eigenvalue weighted by Gasteiger charge is -2.10. The van der Waals surface area contributed by atoms with Crippen LogP contribution in [0.3, 0.4) is 0 Å². The summed E-state index contributed by atoms with van der Waals surface area (Å²) in [5.41, 5.74) is 1.27. The maximum Gasteiger partial charge on any atom is 0.375 e. The summed E-state index contributed by atoms with van der Waals surface area (Å²) in [6, 6.07) is 10.0. The van der Waals surface area contributed by atoms with Gasteiger partial charge in [0.25, 0.3) is 5.91 Å². The maximum absolute atomic E-state index is 12.5. The van der Waals surface area contributed by atoms with Gasteiger partial charge >= 0.3 is 5.97 Å². The molecule has 9 heteroatoms. The number of benzene rings is 2. The second-order valence-electron chi connectivity index (χ2n) is 5.91. The summed E-state index contributed by atoms with van der Waals surface area (Å²) in [5, 5.41) is 3.90. The predicted octanol–water partition coefficient (Wildman–Crippen LogP) is 5.73. The number of nitrogens with one attached hydrogen (secondary N) is 1. The molecular weight excluding hydrogens is 441 g/mol. The van der Waals surface area contributed by atoms with Gasteiger partial charge in [0.15, 0.2) is 6.61 Å². The normalized spacial score (nSPS) is 10.9. The van der Waals surface area contributed by atoms with Crippen LogP contribution in [0.4, 0.5) is 5.69 Å². The molecule has 0 aliphatic carbocycles. The number of esters is 1. The molecule has 0 fully saturated rings. The van der Waals surface area contributed by atoms with E-state index >= 15 is 0 Å². The summed E-state index contributed by atoms with van der Waals surface area (Å²) < 4.78 is 16.2. The molecule has 1 N–H and O–H groups in total. The number of fused-ring (bicyclic) bond motifs is 1.